The maximum absolute atomic E-state index is 5.46. The Bertz CT molecular complexity index is 304. The van der Waals surface area contributed by atoms with E-state index < -0.39 is 0 Å². The highest BCUT2D eigenvalue weighted by atomic mass is 79.9. The van der Waals surface area contributed by atoms with Crippen LogP contribution in [-0.2, 0) is 4.74 Å². The van der Waals surface area contributed by atoms with E-state index in [0.29, 0.717) is 6.61 Å². The second-order valence-corrected chi connectivity index (χ2v) is 3.95. The zero-order valence-corrected chi connectivity index (χ0v) is 9.97. The Balaban J connectivity index is 2.97. The second kappa shape index (κ2) is 5.46. The molecule has 0 aliphatic rings. The van der Waals surface area contributed by atoms with Gasteiger partial charge in [-0.15, -0.1) is 0 Å². The molecule has 0 saturated heterocycles. The van der Waals surface area contributed by atoms with Crippen LogP contribution in [0.5, 0.6) is 0 Å². The van der Waals surface area contributed by atoms with Crippen LogP contribution in [0.25, 0.3) is 0 Å². The van der Waals surface area contributed by atoms with Crippen molar-refractivity contribution in [1.29, 1.82) is 0 Å². The maximum Gasteiger partial charge on any atom is 0.0704 e. The molecule has 1 atom stereocenters. The summed E-state index contributed by atoms with van der Waals surface area (Å²) in [5, 5.41) is 0. The minimum absolute atomic E-state index is 0.0225. The van der Waals surface area contributed by atoms with E-state index >= 15 is 0 Å². The molecule has 0 aliphatic heterocycles. The lowest BCUT2D eigenvalue weighted by atomic mass is 10.1. The van der Waals surface area contributed by atoms with Crippen molar-refractivity contribution in [3.05, 3.63) is 33.8 Å². The monoisotopic (exact) mass is 258 g/mol. The molecule has 0 radical (unpaired) electrons. The number of hydrogen-bond acceptors (Lipinski definition) is 3. The van der Waals surface area contributed by atoms with E-state index in [1.807, 2.05) is 25.1 Å². The van der Waals surface area contributed by atoms with Gasteiger partial charge in [0, 0.05) is 11.6 Å². The second-order valence-electron chi connectivity index (χ2n) is 3.15. The van der Waals surface area contributed by atoms with Crippen molar-refractivity contribution in [1.82, 2.24) is 5.43 Å². The van der Waals surface area contributed by atoms with Crippen molar-refractivity contribution >= 4 is 15.9 Å². The van der Waals surface area contributed by atoms with Crippen LogP contribution in [0.1, 0.15) is 17.2 Å². The number of hydrazine groups is 1. The molecule has 1 aromatic rings. The van der Waals surface area contributed by atoms with Crippen molar-refractivity contribution in [3.8, 4) is 0 Å². The van der Waals surface area contributed by atoms with E-state index in [2.05, 4.69) is 21.4 Å². The smallest absolute Gasteiger partial charge is 0.0704 e. The van der Waals surface area contributed by atoms with Crippen LogP contribution < -0.4 is 11.3 Å². The summed E-state index contributed by atoms with van der Waals surface area (Å²) in [6, 6.07) is 6.11. The fourth-order valence-electron chi connectivity index (χ4n) is 1.33. The average Bonchev–Trinajstić information content (AvgIpc) is 2.19. The van der Waals surface area contributed by atoms with Crippen LogP contribution in [0, 0.1) is 6.92 Å². The summed E-state index contributed by atoms with van der Waals surface area (Å²) < 4.78 is 6.16. The molecule has 0 spiro atoms. The molecule has 14 heavy (non-hydrogen) atoms. The van der Waals surface area contributed by atoms with Gasteiger partial charge in [0.15, 0.2) is 0 Å². The Labute approximate surface area is 92.7 Å². The maximum atomic E-state index is 5.46. The molecule has 0 heterocycles. The Hall–Kier alpha value is -0.420. The minimum Gasteiger partial charge on any atom is -0.383 e. The lowest BCUT2D eigenvalue weighted by Gasteiger charge is -2.17. The number of ether oxygens (including phenoxy) is 1. The zero-order chi connectivity index (χ0) is 10.6. The number of halogens is 1. The number of nitrogens with two attached hydrogens (primary N) is 1. The summed E-state index contributed by atoms with van der Waals surface area (Å²) in [7, 11) is 1.66. The fraction of sp³-hybridized carbons (Fsp3) is 0.400. The highest BCUT2D eigenvalue weighted by Crippen LogP contribution is 2.26. The van der Waals surface area contributed by atoms with Crippen LogP contribution in [0.15, 0.2) is 22.7 Å². The molecule has 1 aromatic carbocycles. The average molecular weight is 259 g/mol. The molecule has 78 valence electrons. The third-order valence-corrected chi connectivity index (χ3v) is 3.21. The SMILES string of the molecule is COCC(NN)c1cccc(C)c1Br. The number of aryl methyl sites for hydroxylation is 1. The van der Waals surface area contributed by atoms with Gasteiger partial charge >= 0.3 is 0 Å². The number of methoxy groups -OCH3 is 1. The molecule has 0 bridgehead atoms. The van der Waals surface area contributed by atoms with Crippen LogP contribution in [0.3, 0.4) is 0 Å². The number of rotatable bonds is 4. The normalized spacial score (nSPS) is 12.9. The van der Waals surface area contributed by atoms with Crippen molar-refractivity contribution in [2.75, 3.05) is 13.7 Å². The number of hydrogen-bond donors (Lipinski definition) is 2. The standard InChI is InChI=1S/C10H15BrN2O/c1-7-4-3-5-8(10(7)11)9(13-12)6-14-2/h3-5,9,13H,6,12H2,1-2H3. The first-order chi connectivity index (χ1) is 6.70. The van der Waals surface area contributed by atoms with E-state index in [1.165, 1.54) is 5.56 Å². The lowest BCUT2D eigenvalue weighted by molar-refractivity contribution is 0.167. The first kappa shape index (κ1) is 11.7. The van der Waals surface area contributed by atoms with Gasteiger partial charge in [-0.3, -0.25) is 11.3 Å². The molecular weight excluding hydrogens is 244 g/mol. The molecule has 4 heteroatoms. The van der Waals surface area contributed by atoms with Crippen LogP contribution >= 0.6 is 15.9 Å². The molecule has 3 N–H and O–H groups in total. The molecule has 3 nitrogen and oxygen atoms in total. The van der Waals surface area contributed by atoms with E-state index in [1.54, 1.807) is 7.11 Å². The molecule has 0 amide bonds. The van der Waals surface area contributed by atoms with Crippen molar-refractivity contribution in [2.45, 2.75) is 13.0 Å². The number of nitrogens with one attached hydrogen (secondary N) is 1. The van der Waals surface area contributed by atoms with Gasteiger partial charge in [-0.2, -0.15) is 0 Å². The van der Waals surface area contributed by atoms with Crippen LogP contribution in [0.2, 0.25) is 0 Å². The van der Waals surface area contributed by atoms with Gasteiger partial charge in [-0.1, -0.05) is 34.1 Å². The third kappa shape index (κ3) is 2.54. The van der Waals surface area contributed by atoms with Gasteiger partial charge in [0.05, 0.1) is 12.6 Å². The lowest BCUT2D eigenvalue weighted by Crippen LogP contribution is -2.31. The van der Waals surface area contributed by atoms with Gasteiger partial charge in [-0.25, -0.2) is 0 Å². The van der Waals surface area contributed by atoms with Crippen molar-refractivity contribution in [3.63, 3.8) is 0 Å². The topological polar surface area (TPSA) is 47.3 Å². The van der Waals surface area contributed by atoms with Gasteiger partial charge in [0.2, 0.25) is 0 Å². The van der Waals surface area contributed by atoms with Crippen molar-refractivity contribution in [2.24, 2.45) is 5.84 Å². The summed E-state index contributed by atoms with van der Waals surface area (Å²) in [5.74, 6) is 5.46. The Morgan fingerprint density at radius 3 is 2.86 bits per heavy atom. The largest absolute Gasteiger partial charge is 0.383 e. The number of benzene rings is 1. The summed E-state index contributed by atoms with van der Waals surface area (Å²) in [5.41, 5.74) is 5.05. The summed E-state index contributed by atoms with van der Waals surface area (Å²) in [6.45, 7) is 2.60. The van der Waals surface area contributed by atoms with Gasteiger partial charge in [0.25, 0.3) is 0 Å². The Morgan fingerprint density at radius 1 is 1.57 bits per heavy atom. The predicted molar refractivity (Wildman–Crippen MR) is 60.8 cm³/mol. The highest BCUT2D eigenvalue weighted by Gasteiger charge is 2.13. The van der Waals surface area contributed by atoms with Crippen molar-refractivity contribution < 1.29 is 4.74 Å². The molecule has 0 aliphatic carbocycles. The Morgan fingerprint density at radius 2 is 2.29 bits per heavy atom. The Kier molecular flexibility index (Phi) is 4.54. The minimum atomic E-state index is 0.0225. The quantitative estimate of drug-likeness (QED) is 0.641. The first-order valence-corrected chi connectivity index (χ1v) is 5.20. The molecule has 0 aromatic heterocycles. The van der Waals surface area contributed by atoms with Gasteiger partial charge in [-0.05, 0) is 18.1 Å². The molecule has 1 rings (SSSR count). The van der Waals surface area contributed by atoms with Gasteiger partial charge in [0.1, 0.15) is 0 Å². The van der Waals surface area contributed by atoms with E-state index in [-0.39, 0.29) is 6.04 Å². The molecular formula is C10H15BrN2O. The first-order valence-electron chi connectivity index (χ1n) is 4.40. The van der Waals surface area contributed by atoms with Crippen LogP contribution in [-0.4, -0.2) is 13.7 Å². The molecule has 1 unspecified atom stereocenters. The predicted octanol–water partition coefficient (Wildman–Crippen LogP) is 1.91. The summed E-state index contributed by atoms with van der Waals surface area (Å²) >= 11 is 3.54. The highest BCUT2D eigenvalue weighted by molar-refractivity contribution is 9.10. The van der Waals surface area contributed by atoms with Gasteiger partial charge < -0.3 is 4.74 Å². The summed E-state index contributed by atoms with van der Waals surface area (Å²) in [4.78, 5) is 0. The van der Waals surface area contributed by atoms with Crippen LogP contribution in [0.4, 0.5) is 0 Å². The molecule has 0 saturated carbocycles. The summed E-state index contributed by atoms with van der Waals surface area (Å²) in [6.07, 6.45) is 0. The zero-order valence-electron chi connectivity index (χ0n) is 8.38. The molecule has 0 fully saturated rings. The fourth-order valence-corrected chi connectivity index (χ4v) is 1.87. The van der Waals surface area contributed by atoms with E-state index in [9.17, 15) is 0 Å². The van der Waals surface area contributed by atoms with E-state index in [4.69, 9.17) is 10.6 Å². The van der Waals surface area contributed by atoms with E-state index in [0.717, 1.165) is 10.0 Å². The third-order valence-electron chi connectivity index (χ3n) is 2.13.